The van der Waals surface area contributed by atoms with Crippen LogP contribution in [0, 0.1) is 12.7 Å². The van der Waals surface area contributed by atoms with Crippen LogP contribution < -0.4 is 5.32 Å². The fraction of sp³-hybridized carbons (Fsp3) is 0.375. The third-order valence-electron chi connectivity index (χ3n) is 6.38. The summed E-state index contributed by atoms with van der Waals surface area (Å²) >= 11 is 1.89. The zero-order chi connectivity index (χ0) is 20.8. The molecule has 1 aromatic carbocycles. The van der Waals surface area contributed by atoms with Crippen molar-refractivity contribution in [1.82, 2.24) is 9.47 Å². The van der Waals surface area contributed by atoms with Crippen molar-refractivity contribution >= 4 is 23.1 Å². The molecule has 4 nitrogen and oxygen atoms in total. The molecule has 0 saturated heterocycles. The molecule has 6 heteroatoms. The number of carbonyl (C=O) groups excluding carboxylic acids is 1. The van der Waals surface area contributed by atoms with E-state index in [1.807, 2.05) is 16.2 Å². The molecule has 2 aliphatic rings. The van der Waals surface area contributed by atoms with Crippen molar-refractivity contribution in [2.45, 2.75) is 58.5 Å². The molecule has 1 unspecified atom stereocenters. The summed E-state index contributed by atoms with van der Waals surface area (Å²) in [6.07, 6.45) is 7.61. The summed E-state index contributed by atoms with van der Waals surface area (Å²) in [6.45, 7) is 4.42. The van der Waals surface area contributed by atoms with E-state index in [0.29, 0.717) is 17.8 Å². The quantitative estimate of drug-likeness (QED) is 0.511. The van der Waals surface area contributed by atoms with Crippen molar-refractivity contribution in [3.63, 3.8) is 0 Å². The van der Waals surface area contributed by atoms with Crippen molar-refractivity contribution < 1.29 is 9.18 Å². The van der Waals surface area contributed by atoms with Gasteiger partial charge in [-0.2, -0.15) is 0 Å². The number of aryl methyl sites for hydroxylation is 2. The summed E-state index contributed by atoms with van der Waals surface area (Å²) in [5, 5.41) is 4.20. The van der Waals surface area contributed by atoms with Crippen molar-refractivity contribution in [2.75, 3.05) is 5.32 Å². The van der Waals surface area contributed by atoms with Crippen LogP contribution >= 0.6 is 11.3 Å². The predicted molar refractivity (Wildman–Crippen MR) is 119 cm³/mol. The molecule has 156 valence electrons. The van der Waals surface area contributed by atoms with Crippen LogP contribution in [0.15, 0.2) is 36.5 Å². The highest BCUT2D eigenvalue weighted by Crippen LogP contribution is 2.43. The SMILES string of the molecule is CCC1c2cccn2-c2sc3c(c2CN1C(=O)Nc1ccc(C)c(F)c1)CCCC3. The predicted octanol–water partition coefficient (Wildman–Crippen LogP) is 6.36. The number of nitrogens with one attached hydrogen (secondary N) is 1. The molecule has 5 rings (SSSR count). The highest BCUT2D eigenvalue weighted by Gasteiger charge is 2.34. The van der Waals surface area contributed by atoms with Crippen LogP contribution in [0.5, 0.6) is 0 Å². The number of carbonyl (C=O) groups is 1. The molecule has 3 aromatic rings. The number of halogens is 1. The van der Waals surface area contributed by atoms with Gasteiger partial charge in [-0.05, 0) is 74.4 Å². The minimum atomic E-state index is -0.307. The van der Waals surface area contributed by atoms with E-state index < -0.39 is 0 Å². The second-order valence-corrected chi connectivity index (χ2v) is 9.33. The van der Waals surface area contributed by atoms with Crippen molar-refractivity contribution in [3.8, 4) is 5.00 Å². The Kier molecular flexibility index (Phi) is 4.89. The normalized spacial score (nSPS) is 17.7. The molecule has 0 fully saturated rings. The second kappa shape index (κ2) is 7.58. The van der Waals surface area contributed by atoms with Crippen LogP contribution in [0.4, 0.5) is 14.9 Å². The standard InChI is InChI=1S/C24H26FN3OS/c1-3-20-21-8-6-12-27(21)23-18(17-7-4-5-9-22(17)30-23)14-28(20)24(29)26-16-11-10-15(2)19(25)13-16/h6,8,10-13,20H,3-5,7,9,14H2,1-2H3,(H,26,29). The van der Waals surface area contributed by atoms with Crippen molar-refractivity contribution in [1.29, 1.82) is 0 Å². The van der Waals surface area contributed by atoms with E-state index in [4.69, 9.17) is 0 Å². The van der Waals surface area contributed by atoms with E-state index in [0.717, 1.165) is 25.0 Å². The molecule has 3 heterocycles. The van der Waals surface area contributed by atoms with E-state index in [1.54, 1.807) is 19.1 Å². The minimum Gasteiger partial charge on any atom is -0.312 e. The molecule has 1 aliphatic carbocycles. The zero-order valence-corrected chi connectivity index (χ0v) is 18.2. The van der Waals surface area contributed by atoms with Crippen molar-refractivity contribution in [2.24, 2.45) is 0 Å². The molecular formula is C24H26FN3OS. The number of hydrogen-bond donors (Lipinski definition) is 1. The van der Waals surface area contributed by atoms with Gasteiger partial charge in [-0.25, -0.2) is 9.18 Å². The topological polar surface area (TPSA) is 37.3 Å². The van der Waals surface area contributed by atoms with Gasteiger partial charge in [-0.3, -0.25) is 0 Å². The Balaban J connectivity index is 1.55. The molecule has 2 amide bonds. The number of urea groups is 1. The maximum Gasteiger partial charge on any atom is 0.322 e. The molecule has 0 spiro atoms. The average Bonchev–Trinajstić information content (AvgIpc) is 3.33. The van der Waals surface area contributed by atoms with Gasteiger partial charge in [-0.15, -0.1) is 11.3 Å². The minimum absolute atomic E-state index is 0.0332. The summed E-state index contributed by atoms with van der Waals surface area (Å²) in [5.74, 6) is -0.307. The second-order valence-electron chi connectivity index (χ2n) is 8.24. The monoisotopic (exact) mass is 423 g/mol. The van der Waals surface area contributed by atoms with E-state index >= 15 is 0 Å². The number of hydrogen-bond acceptors (Lipinski definition) is 2. The number of benzene rings is 1. The molecular weight excluding hydrogens is 397 g/mol. The van der Waals surface area contributed by atoms with Gasteiger partial charge in [-0.1, -0.05) is 13.0 Å². The first-order valence-electron chi connectivity index (χ1n) is 10.7. The first-order chi connectivity index (χ1) is 14.6. The fourth-order valence-corrected chi connectivity index (χ4v) is 6.18. The Morgan fingerprint density at radius 2 is 2.07 bits per heavy atom. The van der Waals surface area contributed by atoms with Crippen LogP contribution in [-0.4, -0.2) is 15.5 Å². The lowest BCUT2D eigenvalue weighted by molar-refractivity contribution is 0.181. The molecule has 0 bridgehead atoms. The smallest absolute Gasteiger partial charge is 0.312 e. The fourth-order valence-electron chi connectivity index (χ4n) is 4.77. The Hall–Kier alpha value is -2.60. The maximum absolute atomic E-state index is 14.0. The number of fused-ring (bicyclic) bond motifs is 5. The number of amides is 2. The van der Waals surface area contributed by atoms with Crippen molar-refractivity contribution in [3.05, 3.63) is 69.6 Å². The summed E-state index contributed by atoms with van der Waals surface area (Å²) in [4.78, 5) is 16.8. The van der Waals surface area contributed by atoms with Gasteiger partial charge in [0, 0.05) is 28.0 Å². The first kappa shape index (κ1) is 19.4. The van der Waals surface area contributed by atoms with Crippen LogP contribution in [-0.2, 0) is 19.4 Å². The zero-order valence-electron chi connectivity index (χ0n) is 17.4. The number of anilines is 1. The van der Waals surface area contributed by atoms with Crippen LogP contribution in [0.3, 0.4) is 0 Å². The number of aromatic nitrogens is 1. The number of thiophene rings is 1. The van der Waals surface area contributed by atoms with Gasteiger partial charge in [0.1, 0.15) is 10.8 Å². The number of rotatable bonds is 2. The summed E-state index contributed by atoms with van der Waals surface area (Å²) < 4.78 is 16.3. The third kappa shape index (κ3) is 3.14. The third-order valence-corrected chi connectivity index (χ3v) is 7.71. The Bertz CT molecular complexity index is 1120. The lowest BCUT2D eigenvalue weighted by atomic mass is 9.95. The Morgan fingerprint density at radius 3 is 2.87 bits per heavy atom. The maximum atomic E-state index is 14.0. The van der Waals surface area contributed by atoms with E-state index in [2.05, 4.69) is 35.1 Å². The van der Waals surface area contributed by atoms with Crippen LogP contribution in [0.2, 0.25) is 0 Å². The Morgan fingerprint density at radius 1 is 1.23 bits per heavy atom. The van der Waals surface area contributed by atoms with Gasteiger partial charge in [0.25, 0.3) is 0 Å². The molecule has 1 aliphatic heterocycles. The van der Waals surface area contributed by atoms with E-state index in [1.165, 1.54) is 39.9 Å². The summed E-state index contributed by atoms with van der Waals surface area (Å²) in [7, 11) is 0. The molecule has 0 saturated carbocycles. The molecule has 1 N–H and O–H groups in total. The molecule has 30 heavy (non-hydrogen) atoms. The van der Waals surface area contributed by atoms with E-state index in [9.17, 15) is 9.18 Å². The van der Waals surface area contributed by atoms with Gasteiger partial charge < -0.3 is 14.8 Å². The van der Waals surface area contributed by atoms with Gasteiger partial charge in [0.15, 0.2) is 0 Å². The molecule has 0 radical (unpaired) electrons. The highest BCUT2D eigenvalue weighted by atomic mass is 32.1. The highest BCUT2D eigenvalue weighted by molar-refractivity contribution is 7.15. The number of nitrogens with zero attached hydrogens (tertiary/aromatic N) is 2. The lowest BCUT2D eigenvalue weighted by Gasteiger charge is -2.30. The molecule has 2 aromatic heterocycles. The first-order valence-corrected chi connectivity index (χ1v) is 11.5. The molecule has 1 atom stereocenters. The van der Waals surface area contributed by atoms with E-state index in [-0.39, 0.29) is 17.9 Å². The van der Waals surface area contributed by atoms with Crippen LogP contribution in [0.1, 0.15) is 59.5 Å². The Labute approximate surface area is 180 Å². The summed E-state index contributed by atoms with van der Waals surface area (Å²) in [5.41, 5.74) is 4.93. The summed E-state index contributed by atoms with van der Waals surface area (Å²) in [6, 6.07) is 8.83. The largest absolute Gasteiger partial charge is 0.322 e. The van der Waals surface area contributed by atoms with Gasteiger partial charge in [0.05, 0.1) is 12.6 Å². The van der Waals surface area contributed by atoms with Gasteiger partial charge in [0.2, 0.25) is 0 Å². The van der Waals surface area contributed by atoms with Gasteiger partial charge >= 0.3 is 6.03 Å². The van der Waals surface area contributed by atoms with Crippen LogP contribution in [0.25, 0.3) is 5.00 Å². The average molecular weight is 424 g/mol. The lowest BCUT2D eigenvalue weighted by Crippen LogP contribution is -2.37.